The second kappa shape index (κ2) is 8.15. The van der Waals surface area contributed by atoms with Crippen LogP contribution in [0, 0.1) is 0 Å². The van der Waals surface area contributed by atoms with Gasteiger partial charge in [-0.2, -0.15) is 0 Å². The van der Waals surface area contributed by atoms with Crippen LogP contribution in [0.4, 0.5) is 0 Å². The molecule has 1 rings (SSSR count). The Balaban J connectivity index is 2.57. The average molecular weight is 250 g/mol. The molecular weight excluding hydrogens is 224 g/mol. The lowest BCUT2D eigenvalue weighted by atomic mass is 9.88. The van der Waals surface area contributed by atoms with Crippen LogP contribution in [0.1, 0.15) is 63.9 Å². The molecule has 0 fully saturated rings. The summed E-state index contributed by atoms with van der Waals surface area (Å²) in [5, 5.41) is 18.9. The van der Waals surface area contributed by atoms with Gasteiger partial charge in [0.1, 0.15) is 5.75 Å². The summed E-state index contributed by atoms with van der Waals surface area (Å²) in [4.78, 5) is 0. The number of hydrogen-bond acceptors (Lipinski definition) is 2. The van der Waals surface area contributed by atoms with E-state index in [1.54, 1.807) is 12.1 Å². The quantitative estimate of drug-likeness (QED) is 0.678. The van der Waals surface area contributed by atoms with Crippen molar-refractivity contribution in [1.82, 2.24) is 0 Å². The number of hydrogen-bond donors (Lipinski definition) is 2. The Morgan fingerprint density at radius 2 is 1.72 bits per heavy atom. The van der Waals surface area contributed by atoms with E-state index in [1.165, 1.54) is 31.2 Å². The van der Waals surface area contributed by atoms with Crippen molar-refractivity contribution in [1.29, 1.82) is 0 Å². The summed E-state index contributed by atoms with van der Waals surface area (Å²) >= 11 is 0. The average Bonchev–Trinajstić information content (AvgIpc) is 2.34. The Bertz CT molecular complexity index is 316. The highest BCUT2D eigenvalue weighted by Crippen LogP contribution is 2.28. The van der Waals surface area contributed by atoms with E-state index in [9.17, 15) is 10.2 Å². The largest absolute Gasteiger partial charge is 0.508 e. The summed E-state index contributed by atoms with van der Waals surface area (Å²) < 4.78 is 0. The lowest BCUT2D eigenvalue weighted by Crippen LogP contribution is -2.09. The van der Waals surface area contributed by atoms with Gasteiger partial charge in [0.15, 0.2) is 0 Å². The SMILES string of the molecule is CCCCCCC(CC(C)O)c1ccc(O)cc1. The number of benzene rings is 1. The van der Waals surface area contributed by atoms with E-state index in [1.807, 2.05) is 19.1 Å². The molecule has 0 saturated heterocycles. The van der Waals surface area contributed by atoms with E-state index in [0.29, 0.717) is 11.7 Å². The molecule has 2 atom stereocenters. The first-order valence-electron chi connectivity index (χ1n) is 7.10. The molecule has 0 saturated carbocycles. The summed E-state index contributed by atoms with van der Waals surface area (Å²) in [6, 6.07) is 7.41. The highest BCUT2D eigenvalue weighted by atomic mass is 16.3. The van der Waals surface area contributed by atoms with Crippen molar-refractivity contribution in [2.45, 2.75) is 64.4 Å². The van der Waals surface area contributed by atoms with Gasteiger partial charge in [-0.25, -0.2) is 0 Å². The normalized spacial score (nSPS) is 14.4. The van der Waals surface area contributed by atoms with Gasteiger partial charge in [-0.05, 0) is 43.4 Å². The maximum atomic E-state index is 9.59. The number of phenols is 1. The van der Waals surface area contributed by atoms with Gasteiger partial charge >= 0.3 is 0 Å². The number of phenolic OH excluding ortho intramolecular Hbond substituents is 1. The predicted molar refractivity (Wildman–Crippen MR) is 75.9 cm³/mol. The van der Waals surface area contributed by atoms with Gasteiger partial charge in [-0.1, -0.05) is 44.7 Å². The van der Waals surface area contributed by atoms with E-state index in [-0.39, 0.29) is 6.10 Å². The lowest BCUT2D eigenvalue weighted by Gasteiger charge is -2.19. The van der Waals surface area contributed by atoms with Crippen LogP contribution in [-0.4, -0.2) is 16.3 Å². The van der Waals surface area contributed by atoms with Crippen LogP contribution in [-0.2, 0) is 0 Å². The van der Waals surface area contributed by atoms with Crippen molar-refractivity contribution in [3.05, 3.63) is 29.8 Å². The Kier molecular flexibility index (Phi) is 6.81. The van der Waals surface area contributed by atoms with Crippen LogP contribution < -0.4 is 0 Å². The van der Waals surface area contributed by atoms with Crippen molar-refractivity contribution in [3.8, 4) is 5.75 Å². The summed E-state index contributed by atoms with van der Waals surface area (Å²) in [5.74, 6) is 0.711. The first-order valence-corrected chi connectivity index (χ1v) is 7.10. The molecule has 1 aromatic carbocycles. The van der Waals surface area contributed by atoms with Gasteiger partial charge in [0.25, 0.3) is 0 Å². The molecule has 0 amide bonds. The zero-order valence-electron chi connectivity index (χ0n) is 11.6. The monoisotopic (exact) mass is 250 g/mol. The topological polar surface area (TPSA) is 40.5 Å². The molecule has 18 heavy (non-hydrogen) atoms. The zero-order valence-corrected chi connectivity index (χ0v) is 11.6. The van der Waals surface area contributed by atoms with Crippen LogP contribution in [0.15, 0.2) is 24.3 Å². The molecule has 2 nitrogen and oxygen atoms in total. The number of aliphatic hydroxyl groups is 1. The van der Waals surface area contributed by atoms with Crippen molar-refractivity contribution < 1.29 is 10.2 Å². The third-order valence-electron chi connectivity index (χ3n) is 3.40. The van der Waals surface area contributed by atoms with E-state index in [0.717, 1.165) is 12.8 Å². The third kappa shape index (κ3) is 5.54. The van der Waals surface area contributed by atoms with Gasteiger partial charge in [0.05, 0.1) is 6.10 Å². The fourth-order valence-corrected chi connectivity index (χ4v) is 2.40. The maximum Gasteiger partial charge on any atom is 0.115 e. The molecule has 0 bridgehead atoms. The molecular formula is C16H26O2. The molecule has 0 spiro atoms. The van der Waals surface area contributed by atoms with Crippen LogP contribution in [0.3, 0.4) is 0 Å². The lowest BCUT2D eigenvalue weighted by molar-refractivity contribution is 0.172. The summed E-state index contributed by atoms with van der Waals surface area (Å²) in [5.41, 5.74) is 1.23. The molecule has 102 valence electrons. The number of aromatic hydroxyl groups is 1. The number of aliphatic hydroxyl groups excluding tert-OH is 1. The summed E-state index contributed by atoms with van der Waals surface area (Å²) in [7, 11) is 0. The third-order valence-corrected chi connectivity index (χ3v) is 3.40. The van der Waals surface area contributed by atoms with Gasteiger partial charge in [0.2, 0.25) is 0 Å². The Morgan fingerprint density at radius 1 is 1.06 bits per heavy atom. The molecule has 0 aliphatic heterocycles. The minimum Gasteiger partial charge on any atom is -0.508 e. The zero-order chi connectivity index (χ0) is 13.4. The van der Waals surface area contributed by atoms with Gasteiger partial charge < -0.3 is 10.2 Å². The first-order chi connectivity index (χ1) is 8.63. The minimum atomic E-state index is -0.269. The Labute approximate surface area is 111 Å². The molecule has 0 radical (unpaired) electrons. The fourth-order valence-electron chi connectivity index (χ4n) is 2.40. The summed E-state index contributed by atoms with van der Waals surface area (Å²) in [6.07, 6.45) is 6.68. The van der Waals surface area contributed by atoms with E-state index in [4.69, 9.17) is 0 Å². The molecule has 2 N–H and O–H groups in total. The Hall–Kier alpha value is -1.02. The highest BCUT2D eigenvalue weighted by Gasteiger charge is 2.13. The molecule has 0 aromatic heterocycles. The summed E-state index contributed by atoms with van der Waals surface area (Å²) in [6.45, 7) is 4.06. The Morgan fingerprint density at radius 3 is 2.28 bits per heavy atom. The van der Waals surface area contributed by atoms with Crippen LogP contribution in [0.2, 0.25) is 0 Å². The van der Waals surface area contributed by atoms with Gasteiger partial charge in [-0.15, -0.1) is 0 Å². The second-order valence-electron chi connectivity index (χ2n) is 5.22. The van der Waals surface area contributed by atoms with Crippen molar-refractivity contribution in [3.63, 3.8) is 0 Å². The van der Waals surface area contributed by atoms with Crippen LogP contribution in [0.25, 0.3) is 0 Å². The van der Waals surface area contributed by atoms with Crippen LogP contribution >= 0.6 is 0 Å². The maximum absolute atomic E-state index is 9.59. The predicted octanol–water partition coefficient (Wildman–Crippen LogP) is 4.22. The molecule has 1 aromatic rings. The minimum absolute atomic E-state index is 0.269. The van der Waals surface area contributed by atoms with Crippen molar-refractivity contribution in [2.75, 3.05) is 0 Å². The van der Waals surface area contributed by atoms with E-state index >= 15 is 0 Å². The van der Waals surface area contributed by atoms with Gasteiger partial charge in [-0.3, -0.25) is 0 Å². The molecule has 0 heterocycles. The molecule has 0 aliphatic rings. The van der Waals surface area contributed by atoms with E-state index in [2.05, 4.69) is 6.92 Å². The molecule has 2 heteroatoms. The second-order valence-corrected chi connectivity index (χ2v) is 5.22. The van der Waals surface area contributed by atoms with Crippen molar-refractivity contribution in [2.24, 2.45) is 0 Å². The van der Waals surface area contributed by atoms with Crippen LogP contribution in [0.5, 0.6) is 5.75 Å². The number of rotatable bonds is 8. The molecule has 0 aliphatic carbocycles. The number of unbranched alkanes of at least 4 members (excludes halogenated alkanes) is 3. The first kappa shape index (κ1) is 15.0. The smallest absolute Gasteiger partial charge is 0.115 e. The fraction of sp³-hybridized carbons (Fsp3) is 0.625. The molecule has 2 unspecified atom stereocenters. The standard InChI is InChI=1S/C16H26O2/c1-3-4-5-6-7-15(12-13(2)17)14-8-10-16(18)11-9-14/h8-11,13,15,17-18H,3-7,12H2,1-2H3. The van der Waals surface area contributed by atoms with Gasteiger partial charge in [0, 0.05) is 0 Å². The highest BCUT2D eigenvalue weighted by molar-refractivity contribution is 5.28. The van der Waals surface area contributed by atoms with E-state index < -0.39 is 0 Å². The van der Waals surface area contributed by atoms with Crippen molar-refractivity contribution >= 4 is 0 Å².